The van der Waals surface area contributed by atoms with E-state index >= 15 is 0 Å². The first kappa shape index (κ1) is 20.6. The number of fused-ring (bicyclic) bond motifs is 1. The minimum Gasteiger partial charge on any atom is -0.486 e. The van der Waals surface area contributed by atoms with E-state index < -0.39 is 6.03 Å². The Bertz CT molecular complexity index is 868. The van der Waals surface area contributed by atoms with Gasteiger partial charge in [0, 0.05) is 36.3 Å². The summed E-state index contributed by atoms with van der Waals surface area (Å²) in [5.41, 5.74) is 0.527. The SMILES string of the molecule is O=C(CN(Cc1cccs1)C[C@H]1CCCO1)NC(=O)Nc1ccc2c(c1)OCCO2. The standard InChI is InChI=1S/C21H25N3O5S/c25-20(14-24(12-16-3-1-7-27-16)13-17-4-2-10-30-17)23-21(26)22-15-5-6-18-19(11-15)29-9-8-28-18/h2,4-6,10-11,16H,1,3,7-9,12-14H2,(H2,22,23,25,26)/t16-/m1/s1. The second-order valence-corrected chi connectivity index (χ2v) is 8.28. The van der Waals surface area contributed by atoms with Crippen molar-refractivity contribution in [2.75, 3.05) is 38.2 Å². The number of urea groups is 1. The average Bonchev–Trinajstić information content (AvgIpc) is 3.42. The third-order valence-corrected chi connectivity index (χ3v) is 5.73. The number of carbonyl (C=O) groups excluding carboxylic acids is 2. The molecule has 1 fully saturated rings. The highest BCUT2D eigenvalue weighted by atomic mass is 32.1. The van der Waals surface area contributed by atoms with Crippen molar-refractivity contribution < 1.29 is 23.8 Å². The minimum atomic E-state index is -0.579. The topological polar surface area (TPSA) is 89.1 Å². The van der Waals surface area contributed by atoms with Crippen molar-refractivity contribution >= 4 is 29.0 Å². The molecule has 1 atom stereocenters. The molecule has 160 valence electrons. The number of amides is 3. The molecule has 30 heavy (non-hydrogen) atoms. The van der Waals surface area contributed by atoms with E-state index in [-0.39, 0.29) is 18.6 Å². The van der Waals surface area contributed by atoms with Gasteiger partial charge >= 0.3 is 6.03 Å². The first-order chi connectivity index (χ1) is 14.7. The molecule has 2 N–H and O–H groups in total. The van der Waals surface area contributed by atoms with Gasteiger partial charge in [0.2, 0.25) is 5.91 Å². The van der Waals surface area contributed by atoms with Crippen molar-refractivity contribution in [2.45, 2.75) is 25.5 Å². The highest BCUT2D eigenvalue weighted by molar-refractivity contribution is 7.09. The third kappa shape index (κ3) is 5.71. The molecule has 0 radical (unpaired) electrons. The van der Waals surface area contributed by atoms with Gasteiger partial charge in [-0.1, -0.05) is 6.07 Å². The Balaban J connectivity index is 1.31. The summed E-state index contributed by atoms with van der Waals surface area (Å²) < 4.78 is 16.7. The van der Waals surface area contributed by atoms with E-state index in [0.29, 0.717) is 43.5 Å². The molecule has 2 aliphatic heterocycles. The molecular weight excluding hydrogens is 406 g/mol. The van der Waals surface area contributed by atoms with E-state index in [2.05, 4.69) is 10.6 Å². The molecule has 0 spiro atoms. The molecule has 8 nitrogen and oxygen atoms in total. The highest BCUT2D eigenvalue weighted by Gasteiger charge is 2.22. The van der Waals surface area contributed by atoms with Gasteiger partial charge in [0.15, 0.2) is 11.5 Å². The fraction of sp³-hybridized carbons (Fsp3) is 0.429. The maximum atomic E-state index is 12.5. The largest absolute Gasteiger partial charge is 0.486 e. The number of nitrogens with zero attached hydrogens (tertiary/aromatic N) is 1. The second kappa shape index (κ2) is 9.92. The summed E-state index contributed by atoms with van der Waals surface area (Å²) in [4.78, 5) is 28.0. The molecule has 3 heterocycles. The van der Waals surface area contributed by atoms with Crippen molar-refractivity contribution in [1.29, 1.82) is 0 Å². The van der Waals surface area contributed by atoms with Crippen LogP contribution in [0.15, 0.2) is 35.7 Å². The first-order valence-electron chi connectivity index (χ1n) is 10.0. The van der Waals surface area contributed by atoms with E-state index in [4.69, 9.17) is 14.2 Å². The average molecular weight is 432 g/mol. The molecular formula is C21H25N3O5S. The quantitative estimate of drug-likeness (QED) is 0.701. The number of hydrogen-bond donors (Lipinski definition) is 2. The lowest BCUT2D eigenvalue weighted by molar-refractivity contribution is -0.121. The molecule has 1 saturated heterocycles. The van der Waals surface area contributed by atoms with E-state index in [1.807, 2.05) is 22.4 Å². The summed E-state index contributed by atoms with van der Waals surface area (Å²) in [5, 5.41) is 7.08. The van der Waals surface area contributed by atoms with Crippen molar-refractivity contribution in [3.8, 4) is 11.5 Å². The van der Waals surface area contributed by atoms with Gasteiger partial charge in [-0.05, 0) is 36.4 Å². The van der Waals surface area contributed by atoms with Crippen molar-refractivity contribution in [3.63, 3.8) is 0 Å². The predicted octanol–water partition coefficient (Wildman–Crippen LogP) is 2.85. The van der Waals surface area contributed by atoms with Crippen LogP contribution in [0.2, 0.25) is 0 Å². The van der Waals surface area contributed by atoms with Crippen LogP contribution in [0.3, 0.4) is 0 Å². The van der Waals surface area contributed by atoms with Crippen LogP contribution in [0, 0.1) is 0 Å². The summed E-state index contributed by atoms with van der Waals surface area (Å²) in [6.45, 7) is 3.16. The first-order valence-corrected chi connectivity index (χ1v) is 10.9. The fourth-order valence-electron chi connectivity index (χ4n) is 3.54. The Morgan fingerprint density at radius 1 is 1.13 bits per heavy atom. The van der Waals surface area contributed by atoms with Gasteiger partial charge in [-0.25, -0.2) is 4.79 Å². The lowest BCUT2D eigenvalue weighted by Gasteiger charge is -2.24. The monoisotopic (exact) mass is 431 g/mol. The number of nitrogens with one attached hydrogen (secondary N) is 2. The number of hydrogen-bond acceptors (Lipinski definition) is 7. The Morgan fingerprint density at radius 2 is 2.00 bits per heavy atom. The van der Waals surface area contributed by atoms with Crippen molar-refractivity contribution in [3.05, 3.63) is 40.6 Å². The summed E-state index contributed by atoms with van der Waals surface area (Å²) in [7, 11) is 0. The van der Waals surface area contributed by atoms with Gasteiger partial charge < -0.3 is 19.5 Å². The van der Waals surface area contributed by atoms with E-state index in [1.165, 1.54) is 4.88 Å². The normalized spacial score (nSPS) is 17.7. The molecule has 1 aromatic heterocycles. The number of thiophene rings is 1. The number of rotatable bonds is 7. The van der Waals surface area contributed by atoms with Gasteiger partial charge in [-0.3, -0.25) is 15.0 Å². The Kier molecular flexibility index (Phi) is 6.83. The lowest BCUT2D eigenvalue weighted by atomic mass is 10.2. The van der Waals surface area contributed by atoms with Crippen LogP contribution in [-0.4, -0.2) is 55.9 Å². The lowest BCUT2D eigenvalue weighted by Crippen LogP contribution is -2.43. The van der Waals surface area contributed by atoms with Crippen LogP contribution in [0.5, 0.6) is 11.5 Å². The molecule has 2 aromatic rings. The van der Waals surface area contributed by atoms with Gasteiger partial charge in [-0.15, -0.1) is 11.3 Å². The van der Waals surface area contributed by atoms with Gasteiger partial charge in [0.25, 0.3) is 0 Å². The highest BCUT2D eigenvalue weighted by Crippen LogP contribution is 2.32. The minimum absolute atomic E-state index is 0.117. The zero-order valence-electron chi connectivity index (χ0n) is 16.6. The number of ether oxygens (including phenoxy) is 3. The second-order valence-electron chi connectivity index (χ2n) is 7.24. The Labute approximate surface area is 179 Å². The molecule has 9 heteroatoms. The zero-order chi connectivity index (χ0) is 20.8. The number of benzene rings is 1. The summed E-state index contributed by atoms with van der Waals surface area (Å²) >= 11 is 1.65. The summed E-state index contributed by atoms with van der Waals surface area (Å²) in [6.07, 6.45) is 2.17. The van der Waals surface area contributed by atoms with Gasteiger partial charge in [0.05, 0.1) is 12.6 Å². The molecule has 2 aliphatic rings. The van der Waals surface area contributed by atoms with E-state index in [0.717, 1.165) is 19.4 Å². The summed E-state index contributed by atoms with van der Waals surface area (Å²) in [5.74, 6) is 0.852. The van der Waals surface area contributed by atoms with Crippen LogP contribution >= 0.6 is 11.3 Å². The predicted molar refractivity (Wildman–Crippen MR) is 113 cm³/mol. The van der Waals surface area contributed by atoms with Crippen LogP contribution in [0.1, 0.15) is 17.7 Å². The van der Waals surface area contributed by atoms with Crippen molar-refractivity contribution in [2.24, 2.45) is 0 Å². The van der Waals surface area contributed by atoms with Crippen LogP contribution in [-0.2, 0) is 16.1 Å². The number of imide groups is 1. The smallest absolute Gasteiger partial charge is 0.325 e. The maximum Gasteiger partial charge on any atom is 0.325 e. The molecule has 3 amide bonds. The van der Waals surface area contributed by atoms with Gasteiger partial charge in [-0.2, -0.15) is 0 Å². The third-order valence-electron chi connectivity index (χ3n) is 4.87. The number of anilines is 1. The maximum absolute atomic E-state index is 12.5. The molecule has 4 rings (SSSR count). The van der Waals surface area contributed by atoms with E-state index in [9.17, 15) is 9.59 Å². The molecule has 0 aliphatic carbocycles. The number of carbonyl (C=O) groups is 2. The van der Waals surface area contributed by atoms with E-state index in [1.54, 1.807) is 29.5 Å². The van der Waals surface area contributed by atoms with Crippen LogP contribution < -0.4 is 20.1 Å². The van der Waals surface area contributed by atoms with Gasteiger partial charge in [0.1, 0.15) is 13.2 Å². The molecule has 1 aromatic carbocycles. The molecule has 0 bridgehead atoms. The van der Waals surface area contributed by atoms with Crippen molar-refractivity contribution in [1.82, 2.24) is 10.2 Å². The Morgan fingerprint density at radius 3 is 2.77 bits per heavy atom. The molecule has 0 unspecified atom stereocenters. The zero-order valence-corrected chi connectivity index (χ0v) is 17.4. The Hall–Kier alpha value is -2.62. The molecule has 0 saturated carbocycles. The summed E-state index contributed by atoms with van der Waals surface area (Å²) in [6, 6.07) is 8.57. The van der Waals surface area contributed by atoms with Crippen LogP contribution in [0.4, 0.5) is 10.5 Å². The fourth-order valence-corrected chi connectivity index (χ4v) is 4.28. The van der Waals surface area contributed by atoms with Crippen LogP contribution in [0.25, 0.3) is 0 Å².